The number of amides is 2. The smallest absolute Gasteiger partial charge is 0.354 e. The Kier molecular flexibility index (Phi) is 8.14. The first-order valence-electron chi connectivity index (χ1n) is 11.2. The number of hydrogen-bond acceptors (Lipinski definition) is 4. The van der Waals surface area contributed by atoms with Gasteiger partial charge in [-0.2, -0.15) is 13.2 Å². The molecule has 4 rings (SSSR count). The first kappa shape index (κ1) is 26.6. The number of aromatic nitrogens is 2. The van der Waals surface area contributed by atoms with Gasteiger partial charge in [0.2, 0.25) is 17.6 Å². The molecule has 1 aromatic heterocycles. The number of imidazole rings is 1. The highest BCUT2D eigenvalue weighted by atomic mass is 19.4. The molecular weight excluding hydrogens is 473 g/mol. The van der Waals surface area contributed by atoms with Crippen molar-refractivity contribution in [2.45, 2.75) is 70.9 Å². The molecule has 2 aromatic rings. The van der Waals surface area contributed by atoms with E-state index in [2.05, 4.69) is 10.3 Å². The van der Waals surface area contributed by atoms with Gasteiger partial charge in [-0.05, 0) is 49.4 Å². The minimum Gasteiger partial charge on any atom is -0.354 e. The Bertz CT molecular complexity index is 1080. The van der Waals surface area contributed by atoms with E-state index in [9.17, 15) is 31.5 Å². The SMILES string of the molecule is CC(=O)NC1CC1.Cc1cc(F)c(CC(N)CC(=O)N2CCn3c(cnc3C(F)(F)F)C2)cc1F. The summed E-state index contributed by atoms with van der Waals surface area (Å²) in [6.45, 7) is 3.05. The summed E-state index contributed by atoms with van der Waals surface area (Å²) < 4.78 is 67.3. The first-order valence-corrected chi connectivity index (χ1v) is 11.2. The normalized spacial score (nSPS) is 16.2. The van der Waals surface area contributed by atoms with Crippen molar-refractivity contribution < 1.29 is 31.5 Å². The largest absolute Gasteiger partial charge is 0.449 e. The second-order valence-corrected chi connectivity index (χ2v) is 8.87. The molecule has 1 saturated carbocycles. The number of nitrogens with one attached hydrogen (secondary N) is 1. The zero-order valence-corrected chi connectivity index (χ0v) is 19.5. The molecule has 35 heavy (non-hydrogen) atoms. The molecule has 1 fully saturated rings. The second kappa shape index (κ2) is 10.7. The lowest BCUT2D eigenvalue weighted by molar-refractivity contribution is -0.148. The highest BCUT2D eigenvalue weighted by Crippen LogP contribution is 2.30. The highest BCUT2D eigenvalue weighted by molar-refractivity contribution is 5.77. The van der Waals surface area contributed by atoms with Gasteiger partial charge in [0.15, 0.2) is 0 Å². The van der Waals surface area contributed by atoms with E-state index in [0.717, 1.165) is 22.9 Å². The molecule has 1 unspecified atom stereocenters. The fourth-order valence-electron chi connectivity index (χ4n) is 3.79. The number of rotatable bonds is 5. The summed E-state index contributed by atoms with van der Waals surface area (Å²) in [4.78, 5) is 27.4. The Hall–Kier alpha value is -3.02. The third-order valence-corrected chi connectivity index (χ3v) is 5.72. The van der Waals surface area contributed by atoms with Crippen LogP contribution in [0.5, 0.6) is 0 Å². The lowest BCUT2D eigenvalue weighted by Crippen LogP contribution is -2.41. The molecule has 12 heteroatoms. The Morgan fingerprint density at radius 2 is 1.89 bits per heavy atom. The summed E-state index contributed by atoms with van der Waals surface area (Å²) in [5.74, 6) is -2.39. The molecule has 7 nitrogen and oxygen atoms in total. The summed E-state index contributed by atoms with van der Waals surface area (Å²) in [6, 6.07) is 1.91. The van der Waals surface area contributed by atoms with Gasteiger partial charge in [0.05, 0.1) is 18.4 Å². The van der Waals surface area contributed by atoms with Crippen LogP contribution in [0.4, 0.5) is 22.0 Å². The van der Waals surface area contributed by atoms with Crippen molar-refractivity contribution in [1.29, 1.82) is 0 Å². The molecule has 1 aromatic carbocycles. The number of fused-ring (bicyclic) bond motifs is 1. The Morgan fingerprint density at radius 3 is 2.46 bits per heavy atom. The molecule has 1 atom stereocenters. The van der Waals surface area contributed by atoms with Crippen LogP contribution in [-0.4, -0.2) is 44.9 Å². The maximum absolute atomic E-state index is 13.9. The van der Waals surface area contributed by atoms with E-state index in [-0.39, 0.29) is 61.1 Å². The van der Waals surface area contributed by atoms with Gasteiger partial charge in [0, 0.05) is 38.5 Å². The van der Waals surface area contributed by atoms with Crippen molar-refractivity contribution in [3.05, 3.63) is 52.6 Å². The van der Waals surface area contributed by atoms with E-state index >= 15 is 0 Å². The van der Waals surface area contributed by atoms with Crippen molar-refractivity contribution >= 4 is 11.8 Å². The highest BCUT2D eigenvalue weighted by Gasteiger charge is 2.38. The first-order chi connectivity index (χ1) is 16.3. The summed E-state index contributed by atoms with van der Waals surface area (Å²) in [6.07, 6.45) is -1.25. The van der Waals surface area contributed by atoms with Gasteiger partial charge in [-0.3, -0.25) is 9.59 Å². The number of aryl methyl sites for hydroxylation is 1. The summed E-state index contributed by atoms with van der Waals surface area (Å²) in [5, 5.41) is 2.78. The number of benzene rings is 1. The van der Waals surface area contributed by atoms with Crippen molar-refractivity contribution in [2.24, 2.45) is 5.73 Å². The molecule has 0 bridgehead atoms. The molecule has 3 N–H and O–H groups in total. The molecule has 0 spiro atoms. The summed E-state index contributed by atoms with van der Waals surface area (Å²) >= 11 is 0. The minimum atomic E-state index is -4.56. The maximum Gasteiger partial charge on any atom is 0.449 e. The predicted molar refractivity (Wildman–Crippen MR) is 117 cm³/mol. The van der Waals surface area contributed by atoms with Crippen molar-refractivity contribution in [1.82, 2.24) is 19.8 Å². The number of halogens is 5. The Morgan fingerprint density at radius 1 is 1.20 bits per heavy atom. The van der Waals surface area contributed by atoms with Gasteiger partial charge in [0.25, 0.3) is 0 Å². The zero-order chi connectivity index (χ0) is 25.9. The van der Waals surface area contributed by atoms with Crippen LogP contribution in [0.1, 0.15) is 48.8 Å². The average Bonchev–Trinajstić information content (AvgIpc) is 3.44. The lowest BCUT2D eigenvalue weighted by atomic mass is 10.0. The maximum atomic E-state index is 13.9. The number of carbonyl (C=O) groups excluding carboxylic acids is 2. The predicted octanol–water partition coefficient (Wildman–Crippen LogP) is 3.08. The quantitative estimate of drug-likeness (QED) is 0.616. The van der Waals surface area contributed by atoms with Crippen molar-refractivity contribution in [2.75, 3.05) is 6.54 Å². The van der Waals surface area contributed by atoms with Crippen LogP contribution in [-0.2, 0) is 35.3 Å². The van der Waals surface area contributed by atoms with Crippen LogP contribution in [0.2, 0.25) is 0 Å². The molecule has 1 aliphatic heterocycles. The summed E-state index contributed by atoms with van der Waals surface area (Å²) in [7, 11) is 0. The van der Waals surface area contributed by atoms with Gasteiger partial charge in [-0.1, -0.05) is 0 Å². The fraction of sp³-hybridized carbons (Fsp3) is 0.522. The summed E-state index contributed by atoms with van der Waals surface area (Å²) in [5.41, 5.74) is 6.46. The standard InChI is InChI=1S/C18H19F5N4O.C5H9NO/c1-10-4-15(20)11(6-14(10)19)5-12(24)7-16(28)26-2-3-27-13(9-26)8-25-17(27)18(21,22)23;1-4(7)6-5-2-3-5/h4,6,8,12H,2-3,5,7,9,24H2,1H3;5H,2-3H2,1H3,(H,6,7). The lowest BCUT2D eigenvalue weighted by Gasteiger charge is -2.30. The number of nitrogens with zero attached hydrogens (tertiary/aromatic N) is 3. The van der Waals surface area contributed by atoms with E-state index in [1.165, 1.54) is 24.7 Å². The van der Waals surface area contributed by atoms with Crippen LogP contribution in [0.15, 0.2) is 18.3 Å². The molecule has 192 valence electrons. The molecule has 1 aliphatic carbocycles. The van der Waals surface area contributed by atoms with Gasteiger partial charge < -0.3 is 20.5 Å². The van der Waals surface area contributed by atoms with Crippen LogP contribution in [0.25, 0.3) is 0 Å². The van der Waals surface area contributed by atoms with Crippen molar-refractivity contribution in [3.8, 4) is 0 Å². The van der Waals surface area contributed by atoms with Crippen LogP contribution in [0.3, 0.4) is 0 Å². The molecule has 0 saturated heterocycles. The molecule has 2 heterocycles. The van der Waals surface area contributed by atoms with E-state index in [1.54, 1.807) is 6.92 Å². The van der Waals surface area contributed by atoms with E-state index in [0.29, 0.717) is 6.04 Å². The van der Waals surface area contributed by atoms with Gasteiger partial charge in [-0.15, -0.1) is 0 Å². The Balaban J connectivity index is 0.000000420. The minimum absolute atomic E-state index is 0.0118. The van der Waals surface area contributed by atoms with Gasteiger partial charge >= 0.3 is 6.18 Å². The molecular formula is C23H28F5N5O2. The van der Waals surface area contributed by atoms with Gasteiger partial charge in [0.1, 0.15) is 11.6 Å². The molecule has 0 radical (unpaired) electrons. The van der Waals surface area contributed by atoms with E-state index in [4.69, 9.17) is 5.73 Å². The fourth-order valence-corrected chi connectivity index (χ4v) is 3.79. The number of alkyl halides is 3. The third kappa shape index (κ3) is 7.23. The second-order valence-electron chi connectivity index (χ2n) is 8.87. The third-order valence-electron chi connectivity index (χ3n) is 5.72. The average molecular weight is 502 g/mol. The van der Waals surface area contributed by atoms with Crippen LogP contribution >= 0.6 is 0 Å². The van der Waals surface area contributed by atoms with E-state index < -0.39 is 29.7 Å². The van der Waals surface area contributed by atoms with Gasteiger partial charge in [-0.25, -0.2) is 13.8 Å². The Labute approximate surface area is 199 Å². The number of nitrogens with two attached hydrogens (primary N) is 1. The van der Waals surface area contributed by atoms with Crippen LogP contribution < -0.4 is 11.1 Å². The van der Waals surface area contributed by atoms with Crippen molar-refractivity contribution in [3.63, 3.8) is 0 Å². The molecule has 2 amide bonds. The number of carbonyl (C=O) groups is 2. The molecule has 2 aliphatic rings. The monoisotopic (exact) mass is 501 g/mol. The topological polar surface area (TPSA) is 93.2 Å². The zero-order valence-electron chi connectivity index (χ0n) is 19.5. The van der Waals surface area contributed by atoms with Crippen LogP contribution in [0, 0.1) is 18.6 Å². The number of hydrogen-bond donors (Lipinski definition) is 2. The van der Waals surface area contributed by atoms with E-state index in [1.807, 2.05) is 0 Å².